The Balaban J connectivity index is 1.79. The summed E-state index contributed by atoms with van der Waals surface area (Å²) in [5, 5.41) is 6.23. The van der Waals surface area contributed by atoms with Gasteiger partial charge in [0.1, 0.15) is 0 Å². The molecular formula is C15H21BrN2O. The zero-order valence-electron chi connectivity index (χ0n) is 11.4. The molecule has 0 heterocycles. The second kappa shape index (κ2) is 6.53. The normalized spacial score (nSPS) is 23.5. The quantitative estimate of drug-likeness (QED) is 0.874. The maximum atomic E-state index is 11.6. The van der Waals surface area contributed by atoms with Crippen LogP contribution < -0.4 is 10.6 Å². The van der Waals surface area contributed by atoms with Gasteiger partial charge >= 0.3 is 0 Å². The van der Waals surface area contributed by atoms with Gasteiger partial charge in [-0.25, -0.2) is 0 Å². The average Bonchev–Trinajstić information content (AvgIpc) is 2.33. The Bertz CT molecular complexity index is 444. The molecule has 1 fully saturated rings. The Labute approximate surface area is 123 Å². The molecule has 104 valence electrons. The van der Waals surface area contributed by atoms with E-state index in [-0.39, 0.29) is 11.9 Å². The number of rotatable bonds is 5. The summed E-state index contributed by atoms with van der Waals surface area (Å²) in [4.78, 5) is 11.6. The lowest BCUT2D eigenvalue weighted by atomic mass is 9.75. The van der Waals surface area contributed by atoms with Crippen molar-refractivity contribution in [3.8, 4) is 0 Å². The molecule has 4 heteroatoms. The Morgan fingerprint density at radius 3 is 2.84 bits per heavy atom. The zero-order valence-corrected chi connectivity index (χ0v) is 13.0. The molecule has 2 N–H and O–H groups in total. The minimum atomic E-state index is -0.103. The standard InChI is InChI=1S/C15H21BrN2O/c1-3-17-15(19)10(2)18-14-8-12(9-14)11-5-4-6-13(16)7-11/h4-7,10,12,14,18H,3,8-9H2,1-2H3,(H,17,19). The molecule has 1 saturated carbocycles. The van der Waals surface area contributed by atoms with E-state index in [0.29, 0.717) is 18.5 Å². The highest BCUT2D eigenvalue weighted by molar-refractivity contribution is 9.10. The third-order valence-electron chi connectivity index (χ3n) is 3.69. The molecular weight excluding hydrogens is 304 g/mol. The highest BCUT2D eigenvalue weighted by atomic mass is 79.9. The minimum absolute atomic E-state index is 0.0911. The van der Waals surface area contributed by atoms with Crippen LogP contribution in [0.5, 0.6) is 0 Å². The summed E-state index contributed by atoms with van der Waals surface area (Å²) in [5.41, 5.74) is 1.39. The van der Waals surface area contributed by atoms with Crippen molar-refractivity contribution < 1.29 is 4.79 Å². The summed E-state index contributed by atoms with van der Waals surface area (Å²) in [5.74, 6) is 0.713. The number of halogens is 1. The van der Waals surface area contributed by atoms with E-state index in [2.05, 4.69) is 50.8 Å². The molecule has 1 aromatic carbocycles. The first-order valence-corrected chi connectivity index (χ1v) is 7.68. The van der Waals surface area contributed by atoms with E-state index in [1.165, 1.54) is 5.56 Å². The van der Waals surface area contributed by atoms with Crippen LogP contribution >= 0.6 is 15.9 Å². The number of hydrogen-bond donors (Lipinski definition) is 2. The monoisotopic (exact) mass is 324 g/mol. The van der Waals surface area contributed by atoms with E-state index >= 15 is 0 Å². The van der Waals surface area contributed by atoms with Crippen molar-refractivity contribution >= 4 is 21.8 Å². The predicted molar refractivity (Wildman–Crippen MR) is 81.2 cm³/mol. The molecule has 0 aromatic heterocycles. The third-order valence-corrected chi connectivity index (χ3v) is 4.18. The summed E-state index contributed by atoms with van der Waals surface area (Å²) in [6.45, 7) is 4.56. The van der Waals surface area contributed by atoms with Gasteiger partial charge in [0.05, 0.1) is 6.04 Å². The van der Waals surface area contributed by atoms with Gasteiger partial charge in [0.2, 0.25) is 5.91 Å². The van der Waals surface area contributed by atoms with Gasteiger partial charge in [0, 0.05) is 17.1 Å². The summed E-state index contributed by atoms with van der Waals surface area (Å²) >= 11 is 3.51. The summed E-state index contributed by atoms with van der Waals surface area (Å²) in [7, 11) is 0. The van der Waals surface area contributed by atoms with Crippen LogP contribution in [-0.2, 0) is 4.79 Å². The molecule has 0 bridgehead atoms. The van der Waals surface area contributed by atoms with Crippen molar-refractivity contribution in [1.82, 2.24) is 10.6 Å². The molecule has 0 spiro atoms. The van der Waals surface area contributed by atoms with Gasteiger partial charge in [0.15, 0.2) is 0 Å². The van der Waals surface area contributed by atoms with Gasteiger partial charge in [0.25, 0.3) is 0 Å². The first kappa shape index (κ1) is 14.5. The lowest BCUT2D eigenvalue weighted by Crippen LogP contribution is -2.50. The fourth-order valence-corrected chi connectivity index (χ4v) is 2.96. The number of nitrogens with one attached hydrogen (secondary N) is 2. The first-order chi connectivity index (χ1) is 9.10. The molecule has 19 heavy (non-hydrogen) atoms. The Morgan fingerprint density at radius 2 is 2.21 bits per heavy atom. The Morgan fingerprint density at radius 1 is 1.47 bits per heavy atom. The van der Waals surface area contributed by atoms with E-state index in [1.807, 2.05) is 13.8 Å². The summed E-state index contributed by atoms with van der Waals surface area (Å²) < 4.78 is 1.14. The first-order valence-electron chi connectivity index (χ1n) is 6.89. The van der Waals surface area contributed by atoms with Crippen molar-refractivity contribution in [1.29, 1.82) is 0 Å². The molecule has 0 radical (unpaired) electrons. The lowest BCUT2D eigenvalue weighted by molar-refractivity contribution is -0.123. The molecule has 0 saturated heterocycles. The molecule has 1 aromatic rings. The fraction of sp³-hybridized carbons (Fsp3) is 0.533. The van der Waals surface area contributed by atoms with Crippen molar-refractivity contribution in [3.63, 3.8) is 0 Å². The Hall–Kier alpha value is -0.870. The van der Waals surface area contributed by atoms with Crippen LogP contribution in [0.3, 0.4) is 0 Å². The van der Waals surface area contributed by atoms with Gasteiger partial charge in [-0.3, -0.25) is 4.79 Å². The SMILES string of the molecule is CCNC(=O)C(C)NC1CC(c2cccc(Br)c2)C1. The Kier molecular flexibility index (Phi) is 4.99. The van der Waals surface area contributed by atoms with E-state index in [9.17, 15) is 4.79 Å². The van der Waals surface area contributed by atoms with Gasteiger partial charge in [-0.15, -0.1) is 0 Å². The largest absolute Gasteiger partial charge is 0.355 e. The average molecular weight is 325 g/mol. The van der Waals surface area contributed by atoms with Crippen LogP contribution in [0.15, 0.2) is 28.7 Å². The smallest absolute Gasteiger partial charge is 0.236 e. The number of likely N-dealkylation sites (N-methyl/N-ethyl adjacent to an activating group) is 1. The van der Waals surface area contributed by atoms with Crippen LogP contribution in [0.25, 0.3) is 0 Å². The van der Waals surface area contributed by atoms with Crippen molar-refractivity contribution in [2.75, 3.05) is 6.54 Å². The lowest BCUT2D eigenvalue weighted by Gasteiger charge is -2.38. The van der Waals surface area contributed by atoms with Crippen molar-refractivity contribution in [3.05, 3.63) is 34.3 Å². The molecule has 3 nitrogen and oxygen atoms in total. The van der Waals surface area contributed by atoms with Crippen molar-refractivity contribution in [2.24, 2.45) is 0 Å². The third kappa shape index (κ3) is 3.80. The highest BCUT2D eigenvalue weighted by Crippen LogP contribution is 2.37. The number of carbonyl (C=O) groups is 1. The van der Waals surface area contributed by atoms with Crippen LogP contribution in [0.2, 0.25) is 0 Å². The molecule has 0 aliphatic heterocycles. The maximum Gasteiger partial charge on any atom is 0.236 e. The zero-order chi connectivity index (χ0) is 13.8. The maximum absolute atomic E-state index is 11.6. The molecule has 1 atom stereocenters. The molecule has 1 amide bonds. The van der Waals surface area contributed by atoms with Crippen LogP contribution in [-0.4, -0.2) is 24.5 Å². The predicted octanol–water partition coefficient (Wildman–Crippen LogP) is 2.81. The highest BCUT2D eigenvalue weighted by Gasteiger charge is 2.31. The molecule has 2 rings (SSSR count). The van der Waals surface area contributed by atoms with Gasteiger partial charge in [-0.05, 0) is 50.3 Å². The second-order valence-corrected chi connectivity index (χ2v) is 6.12. The second-order valence-electron chi connectivity index (χ2n) is 5.20. The van der Waals surface area contributed by atoms with Crippen molar-refractivity contribution in [2.45, 2.75) is 44.7 Å². The topological polar surface area (TPSA) is 41.1 Å². The molecule has 1 unspecified atom stereocenters. The van der Waals surface area contributed by atoms with E-state index in [0.717, 1.165) is 17.3 Å². The number of carbonyl (C=O) groups excluding carboxylic acids is 1. The van der Waals surface area contributed by atoms with E-state index in [4.69, 9.17) is 0 Å². The van der Waals surface area contributed by atoms with Crippen LogP contribution in [0, 0.1) is 0 Å². The molecule has 1 aliphatic carbocycles. The molecule has 1 aliphatic rings. The van der Waals surface area contributed by atoms with Gasteiger partial charge < -0.3 is 10.6 Å². The van der Waals surface area contributed by atoms with E-state index < -0.39 is 0 Å². The number of hydrogen-bond acceptors (Lipinski definition) is 2. The fourth-order valence-electron chi connectivity index (χ4n) is 2.54. The van der Waals surface area contributed by atoms with Gasteiger partial charge in [-0.1, -0.05) is 28.1 Å². The summed E-state index contributed by atoms with van der Waals surface area (Å²) in [6.07, 6.45) is 2.22. The van der Waals surface area contributed by atoms with E-state index in [1.54, 1.807) is 0 Å². The summed E-state index contributed by atoms with van der Waals surface area (Å²) in [6, 6.07) is 8.86. The van der Waals surface area contributed by atoms with Crippen LogP contribution in [0.4, 0.5) is 0 Å². The number of benzene rings is 1. The van der Waals surface area contributed by atoms with Crippen LogP contribution in [0.1, 0.15) is 38.2 Å². The number of amides is 1. The minimum Gasteiger partial charge on any atom is -0.355 e. The van der Waals surface area contributed by atoms with Gasteiger partial charge in [-0.2, -0.15) is 0 Å².